The average molecular weight is 541 g/mol. The quantitative estimate of drug-likeness (QED) is 0.462. The van der Waals surface area contributed by atoms with E-state index in [2.05, 4.69) is 5.32 Å². The van der Waals surface area contributed by atoms with Gasteiger partial charge in [-0.2, -0.15) is 0 Å². The fourth-order valence-electron chi connectivity index (χ4n) is 6.44. The van der Waals surface area contributed by atoms with Crippen LogP contribution in [0.2, 0.25) is 0 Å². The molecule has 2 heterocycles. The number of hydrogen-bond acceptors (Lipinski definition) is 5. The Morgan fingerprint density at radius 1 is 0.875 bits per heavy atom. The molecule has 206 valence electrons. The first kappa shape index (κ1) is 25.9. The zero-order valence-corrected chi connectivity index (χ0v) is 22.3. The van der Waals surface area contributed by atoms with Crippen molar-refractivity contribution in [3.8, 4) is 11.5 Å². The van der Waals surface area contributed by atoms with Crippen molar-refractivity contribution in [1.82, 2.24) is 5.32 Å². The smallest absolute Gasteiger partial charge is 0.313 e. The third-order valence-corrected chi connectivity index (χ3v) is 8.29. The molecule has 40 heavy (non-hydrogen) atoms. The summed E-state index contributed by atoms with van der Waals surface area (Å²) < 4.78 is 11.5. The molecule has 3 aromatic rings. The van der Waals surface area contributed by atoms with E-state index in [4.69, 9.17) is 9.47 Å². The van der Waals surface area contributed by atoms with Crippen LogP contribution < -0.4 is 19.7 Å². The van der Waals surface area contributed by atoms with E-state index < -0.39 is 17.9 Å². The summed E-state index contributed by atoms with van der Waals surface area (Å²) in [5.41, 5.74) is 3.38. The molecule has 0 bridgehead atoms. The van der Waals surface area contributed by atoms with Crippen LogP contribution in [0, 0.1) is 0 Å². The van der Waals surface area contributed by atoms with Gasteiger partial charge in [-0.15, -0.1) is 0 Å². The molecule has 0 spiro atoms. The molecule has 8 nitrogen and oxygen atoms in total. The molecular formula is C32H32N2O6. The molecule has 3 aromatic carbocycles. The number of anilines is 1. The van der Waals surface area contributed by atoms with Gasteiger partial charge < -0.3 is 19.9 Å². The third-order valence-electron chi connectivity index (χ3n) is 8.29. The Morgan fingerprint density at radius 2 is 1.55 bits per heavy atom. The summed E-state index contributed by atoms with van der Waals surface area (Å²) in [7, 11) is 0. The minimum atomic E-state index is -1.00. The van der Waals surface area contributed by atoms with Gasteiger partial charge in [0, 0.05) is 24.2 Å². The van der Waals surface area contributed by atoms with Crippen LogP contribution in [0.1, 0.15) is 77.5 Å². The summed E-state index contributed by atoms with van der Waals surface area (Å²) in [6, 6.07) is 19.7. The molecule has 3 aliphatic rings. The molecule has 8 heteroatoms. The molecule has 2 amide bonds. The number of hydrogen-bond donors (Lipinski definition) is 2. The molecule has 2 atom stereocenters. The number of amides is 2. The highest BCUT2D eigenvalue weighted by molar-refractivity contribution is 6.11. The Hall–Kier alpha value is -4.33. The van der Waals surface area contributed by atoms with Crippen molar-refractivity contribution in [3.05, 3.63) is 89.0 Å². The lowest BCUT2D eigenvalue weighted by atomic mass is 9.79. The maximum atomic E-state index is 14.0. The lowest BCUT2D eigenvalue weighted by Crippen LogP contribution is -2.45. The summed E-state index contributed by atoms with van der Waals surface area (Å²) in [6.07, 6.45) is 3.81. The predicted octanol–water partition coefficient (Wildman–Crippen LogP) is 5.19. The number of rotatable bonds is 5. The molecule has 0 aromatic heterocycles. The lowest BCUT2D eigenvalue weighted by Gasteiger charge is -2.41. The van der Waals surface area contributed by atoms with Gasteiger partial charge in [-0.25, -0.2) is 0 Å². The van der Waals surface area contributed by atoms with Crippen LogP contribution >= 0.6 is 0 Å². The van der Waals surface area contributed by atoms with E-state index >= 15 is 0 Å². The first-order chi connectivity index (χ1) is 19.4. The van der Waals surface area contributed by atoms with Crippen LogP contribution in [0.4, 0.5) is 5.69 Å². The molecule has 0 unspecified atom stereocenters. The van der Waals surface area contributed by atoms with Gasteiger partial charge in [-0.3, -0.25) is 19.3 Å². The van der Waals surface area contributed by atoms with E-state index in [0.717, 1.165) is 25.7 Å². The van der Waals surface area contributed by atoms with Crippen molar-refractivity contribution in [2.24, 2.45) is 0 Å². The van der Waals surface area contributed by atoms with Crippen molar-refractivity contribution in [2.45, 2.75) is 56.5 Å². The number of aliphatic carboxylic acids is 1. The monoisotopic (exact) mass is 540 g/mol. The van der Waals surface area contributed by atoms with Gasteiger partial charge in [-0.05, 0) is 78.6 Å². The second-order valence-electron chi connectivity index (χ2n) is 10.8. The van der Waals surface area contributed by atoms with Crippen LogP contribution in [0.3, 0.4) is 0 Å². The summed E-state index contributed by atoms with van der Waals surface area (Å²) in [4.78, 5) is 39.9. The van der Waals surface area contributed by atoms with Gasteiger partial charge >= 0.3 is 5.97 Å². The first-order valence-corrected chi connectivity index (χ1v) is 13.8. The van der Waals surface area contributed by atoms with Crippen molar-refractivity contribution in [2.75, 3.05) is 18.1 Å². The standard InChI is InChI=1S/C32H32N2O6/c1-19(35)33-23-11-6-20(7-12-23)21-8-13-24(14-9-21)34-30(22-10-15-27-28(18-22)40-17-16-39-27)29(32(37)38)25-4-2-3-5-26(25)31(34)36/h2-5,8-10,13-15,18,20,23,29-30H,6-7,11-12,16-17H2,1H3,(H,33,35)(H,37,38)/t20-,23-,29-,30+/m1/s1. The topological polar surface area (TPSA) is 105 Å². The Bertz CT molecular complexity index is 1440. The molecule has 1 aliphatic carbocycles. The van der Waals surface area contributed by atoms with Gasteiger partial charge in [0.1, 0.15) is 19.1 Å². The Morgan fingerprint density at radius 3 is 2.25 bits per heavy atom. The minimum absolute atomic E-state index is 0.00723. The van der Waals surface area contributed by atoms with Crippen LogP contribution in [0.5, 0.6) is 11.5 Å². The zero-order chi connectivity index (χ0) is 27.8. The van der Waals surface area contributed by atoms with Crippen LogP contribution in [-0.4, -0.2) is 42.1 Å². The summed E-state index contributed by atoms with van der Waals surface area (Å²) in [5.74, 6) is -0.683. The molecule has 0 saturated heterocycles. The number of carbonyl (C=O) groups is 3. The van der Waals surface area contributed by atoms with Crippen molar-refractivity contribution in [3.63, 3.8) is 0 Å². The maximum Gasteiger partial charge on any atom is 0.313 e. The number of carboxylic acids is 1. The zero-order valence-electron chi connectivity index (χ0n) is 22.3. The van der Waals surface area contributed by atoms with E-state index in [1.54, 1.807) is 48.2 Å². The normalized spacial score (nSPS) is 23.7. The summed E-state index contributed by atoms with van der Waals surface area (Å²) in [5, 5.41) is 13.5. The van der Waals surface area contributed by atoms with Gasteiger partial charge in [0.05, 0.1) is 6.04 Å². The molecule has 2 N–H and O–H groups in total. The highest BCUT2D eigenvalue weighted by Crippen LogP contribution is 2.47. The fourth-order valence-corrected chi connectivity index (χ4v) is 6.44. The van der Waals surface area contributed by atoms with Crippen LogP contribution in [0.15, 0.2) is 66.7 Å². The molecule has 1 fully saturated rings. The third kappa shape index (κ3) is 4.78. The first-order valence-electron chi connectivity index (χ1n) is 13.8. The number of fused-ring (bicyclic) bond motifs is 2. The van der Waals surface area contributed by atoms with Crippen LogP contribution in [0.25, 0.3) is 0 Å². The van der Waals surface area contributed by atoms with Gasteiger partial charge in [0.2, 0.25) is 5.91 Å². The van der Waals surface area contributed by atoms with Gasteiger partial charge in [-0.1, -0.05) is 36.4 Å². The molecule has 1 saturated carbocycles. The largest absolute Gasteiger partial charge is 0.486 e. The molecule has 6 rings (SSSR count). The highest BCUT2D eigenvalue weighted by atomic mass is 16.6. The second-order valence-corrected chi connectivity index (χ2v) is 10.8. The fraction of sp³-hybridized carbons (Fsp3) is 0.344. The van der Waals surface area contributed by atoms with Gasteiger partial charge in [0.25, 0.3) is 5.91 Å². The lowest BCUT2D eigenvalue weighted by molar-refractivity contribution is -0.139. The van der Waals surface area contributed by atoms with E-state index in [1.807, 2.05) is 30.3 Å². The number of ether oxygens (including phenoxy) is 2. The summed E-state index contributed by atoms with van der Waals surface area (Å²) >= 11 is 0. The SMILES string of the molecule is CC(=O)N[C@H]1CC[C@H](c2ccc(N3C(=O)c4ccccc4[C@@H](C(=O)O)[C@@H]3c3ccc4c(c3)OCCO4)cc2)CC1. The predicted molar refractivity (Wildman–Crippen MR) is 149 cm³/mol. The molecule has 2 aliphatic heterocycles. The van der Waals surface area contributed by atoms with E-state index in [9.17, 15) is 19.5 Å². The van der Waals surface area contributed by atoms with Crippen molar-refractivity contribution < 1.29 is 29.0 Å². The Balaban J connectivity index is 1.36. The number of nitrogens with zero attached hydrogens (tertiary/aromatic N) is 1. The number of benzene rings is 3. The maximum absolute atomic E-state index is 14.0. The van der Waals surface area contributed by atoms with E-state index in [-0.39, 0.29) is 17.9 Å². The number of carbonyl (C=O) groups excluding carboxylic acids is 2. The molecule has 0 radical (unpaired) electrons. The van der Waals surface area contributed by atoms with Crippen molar-refractivity contribution in [1.29, 1.82) is 0 Å². The van der Waals surface area contributed by atoms with E-state index in [0.29, 0.717) is 53.0 Å². The Labute approximate surface area is 232 Å². The number of nitrogens with one attached hydrogen (secondary N) is 1. The van der Waals surface area contributed by atoms with Crippen LogP contribution in [-0.2, 0) is 9.59 Å². The van der Waals surface area contributed by atoms with E-state index in [1.165, 1.54) is 5.56 Å². The highest BCUT2D eigenvalue weighted by Gasteiger charge is 2.45. The summed E-state index contributed by atoms with van der Waals surface area (Å²) in [6.45, 7) is 2.41. The van der Waals surface area contributed by atoms with Crippen molar-refractivity contribution >= 4 is 23.5 Å². The Kier molecular flexibility index (Phi) is 6.92. The average Bonchev–Trinajstić information content (AvgIpc) is 2.97. The number of carboxylic acid groups (broad SMARTS) is 1. The molecular weight excluding hydrogens is 508 g/mol. The minimum Gasteiger partial charge on any atom is -0.486 e. The van der Waals surface area contributed by atoms with Gasteiger partial charge in [0.15, 0.2) is 11.5 Å². The second kappa shape index (κ2) is 10.7.